The number of benzene rings is 2. The number of nitrogens with zero attached hydrogens (tertiary/aromatic N) is 1. The van der Waals surface area contributed by atoms with Gasteiger partial charge in [-0.2, -0.15) is 31.6 Å². The summed E-state index contributed by atoms with van der Waals surface area (Å²) >= 11 is 0. The van der Waals surface area contributed by atoms with Crippen LogP contribution in [0.5, 0.6) is 0 Å². The Balaban J connectivity index is 2.72. The molecule has 2 rings (SSSR count). The van der Waals surface area contributed by atoms with Crippen molar-refractivity contribution in [1.29, 1.82) is 5.26 Å². The monoisotopic (exact) mass is 315 g/mol. The molecule has 0 heterocycles. The fourth-order valence-corrected chi connectivity index (χ4v) is 2.05. The first kappa shape index (κ1) is 15.9. The van der Waals surface area contributed by atoms with Gasteiger partial charge in [0.15, 0.2) is 0 Å². The maximum atomic E-state index is 13.1. The molecule has 7 heteroatoms. The molecule has 114 valence electrons. The van der Waals surface area contributed by atoms with E-state index >= 15 is 0 Å². The molecule has 0 saturated carbocycles. The molecule has 0 fully saturated rings. The van der Waals surface area contributed by atoms with Crippen LogP contribution in [-0.2, 0) is 12.4 Å². The predicted molar refractivity (Wildman–Crippen MR) is 66.6 cm³/mol. The lowest BCUT2D eigenvalue weighted by Crippen LogP contribution is -2.10. The highest BCUT2D eigenvalue weighted by atomic mass is 19.4. The van der Waals surface area contributed by atoms with E-state index < -0.39 is 34.6 Å². The van der Waals surface area contributed by atoms with Crippen molar-refractivity contribution < 1.29 is 26.3 Å². The van der Waals surface area contributed by atoms with Crippen molar-refractivity contribution in [2.24, 2.45) is 0 Å². The second kappa shape index (κ2) is 5.37. The molecule has 0 unspecified atom stereocenters. The first-order valence-electron chi connectivity index (χ1n) is 5.92. The first-order valence-corrected chi connectivity index (χ1v) is 5.92. The summed E-state index contributed by atoms with van der Waals surface area (Å²) in [6.45, 7) is 0. The second-order valence-electron chi connectivity index (χ2n) is 4.42. The van der Waals surface area contributed by atoms with E-state index in [4.69, 9.17) is 5.26 Å². The van der Waals surface area contributed by atoms with Gasteiger partial charge in [0.05, 0.1) is 22.8 Å². The summed E-state index contributed by atoms with van der Waals surface area (Å²) in [5, 5.41) is 8.81. The fraction of sp³-hybridized carbons (Fsp3) is 0.133. The largest absolute Gasteiger partial charge is 0.418 e. The lowest BCUT2D eigenvalue weighted by atomic mass is 9.94. The van der Waals surface area contributed by atoms with Gasteiger partial charge in [0.25, 0.3) is 0 Å². The van der Waals surface area contributed by atoms with Gasteiger partial charge < -0.3 is 0 Å². The maximum Gasteiger partial charge on any atom is 0.418 e. The Morgan fingerprint density at radius 3 is 2.00 bits per heavy atom. The van der Waals surface area contributed by atoms with Gasteiger partial charge in [0, 0.05) is 0 Å². The van der Waals surface area contributed by atoms with E-state index in [-0.39, 0.29) is 5.56 Å². The van der Waals surface area contributed by atoms with Crippen LogP contribution in [0.3, 0.4) is 0 Å². The van der Waals surface area contributed by atoms with Crippen LogP contribution in [0.25, 0.3) is 11.1 Å². The highest BCUT2D eigenvalue weighted by molar-refractivity contribution is 5.71. The van der Waals surface area contributed by atoms with Crippen LogP contribution in [0.15, 0.2) is 42.5 Å². The van der Waals surface area contributed by atoms with Crippen LogP contribution >= 0.6 is 0 Å². The van der Waals surface area contributed by atoms with Crippen molar-refractivity contribution in [2.75, 3.05) is 0 Å². The number of hydrogen-bond acceptors (Lipinski definition) is 1. The van der Waals surface area contributed by atoms with Crippen molar-refractivity contribution >= 4 is 0 Å². The maximum absolute atomic E-state index is 13.1. The van der Waals surface area contributed by atoms with Gasteiger partial charge in [0.1, 0.15) is 0 Å². The molecule has 0 saturated heterocycles. The number of alkyl halides is 6. The minimum absolute atomic E-state index is 0.251. The zero-order valence-electron chi connectivity index (χ0n) is 10.8. The molecule has 2 aromatic rings. The van der Waals surface area contributed by atoms with Crippen molar-refractivity contribution in [3.8, 4) is 17.2 Å². The molecule has 0 spiro atoms. The van der Waals surface area contributed by atoms with E-state index in [2.05, 4.69) is 0 Å². The lowest BCUT2D eigenvalue weighted by Gasteiger charge is -2.15. The standard InChI is InChI=1S/C15H7F6N/c16-14(17,18)11-5-1-3-9(7-11)12-6-2-4-10(8-22)13(12)15(19,20)21/h1-7H. The Labute approximate surface area is 121 Å². The zero-order chi connectivity index (χ0) is 16.5. The Kier molecular flexibility index (Phi) is 3.88. The third-order valence-electron chi connectivity index (χ3n) is 2.97. The van der Waals surface area contributed by atoms with E-state index in [0.717, 1.165) is 30.3 Å². The molecule has 1 nitrogen and oxygen atoms in total. The summed E-state index contributed by atoms with van der Waals surface area (Å²) in [6, 6.07) is 8.19. The molecule has 0 aliphatic heterocycles. The molecule has 0 amide bonds. The van der Waals surface area contributed by atoms with Gasteiger partial charge in [-0.25, -0.2) is 0 Å². The normalized spacial score (nSPS) is 12.0. The molecular formula is C15H7F6N. The average molecular weight is 315 g/mol. The van der Waals surface area contributed by atoms with Gasteiger partial charge in [-0.05, 0) is 29.3 Å². The van der Waals surface area contributed by atoms with Gasteiger partial charge in [-0.3, -0.25) is 0 Å². The summed E-state index contributed by atoms with van der Waals surface area (Å²) in [7, 11) is 0. The molecule has 0 bridgehead atoms. The predicted octanol–water partition coefficient (Wildman–Crippen LogP) is 5.26. The SMILES string of the molecule is N#Cc1cccc(-c2cccc(C(F)(F)F)c2)c1C(F)(F)F. The van der Waals surface area contributed by atoms with Crippen molar-refractivity contribution in [3.05, 3.63) is 59.2 Å². The van der Waals surface area contributed by atoms with Gasteiger partial charge in [-0.1, -0.05) is 24.3 Å². The van der Waals surface area contributed by atoms with Crippen molar-refractivity contribution in [3.63, 3.8) is 0 Å². The summed E-state index contributed by atoms with van der Waals surface area (Å²) in [5.74, 6) is 0. The van der Waals surface area contributed by atoms with E-state index in [1.165, 1.54) is 12.1 Å². The Morgan fingerprint density at radius 1 is 0.818 bits per heavy atom. The molecule has 0 aliphatic rings. The molecule has 2 aromatic carbocycles. The number of halogens is 6. The topological polar surface area (TPSA) is 23.8 Å². The number of rotatable bonds is 1. The quantitative estimate of drug-likeness (QED) is 0.658. The van der Waals surface area contributed by atoms with Crippen molar-refractivity contribution in [1.82, 2.24) is 0 Å². The first-order chi connectivity index (χ1) is 10.1. The molecule has 0 atom stereocenters. The van der Waals surface area contributed by atoms with Crippen LogP contribution in [0, 0.1) is 11.3 Å². The minimum atomic E-state index is -4.85. The van der Waals surface area contributed by atoms with E-state index in [0.29, 0.717) is 6.07 Å². The number of hydrogen-bond donors (Lipinski definition) is 0. The van der Waals surface area contributed by atoms with E-state index in [1.807, 2.05) is 0 Å². The van der Waals surface area contributed by atoms with Crippen LogP contribution in [0.2, 0.25) is 0 Å². The Bertz CT molecular complexity index is 737. The smallest absolute Gasteiger partial charge is 0.192 e. The molecule has 0 aromatic heterocycles. The summed E-state index contributed by atoms with van der Waals surface area (Å²) in [4.78, 5) is 0. The highest BCUT2D eigenvalue weighted by Gasteiger charge is 2.37. The summed E-state index contributed by atoms with van der Waals surface area (Å²) in [6.07, 6.45) is -9.52. The Morgan fingerprint density at radius 2 is 1.45 bits per heavy atom. The molecule has 22 heavy (non-hydrogen) atoms. The summed E-state index contributed by atoms with van der Waals surface area (Å²) in [5.41, 5.74) is -3.64. The van der Waals surface area contributed by atoms with Crippen molar-refractivity contribution in [2.45, 2.75) is 12.4 Å². The third kappa shape index (κ3) is 3.06. The van der Waals surface area contributed by atoms with Crippen LogP contribution in [0.4, 0.5) is 26.3 Å². The van der Waals surface area contributed by atoms with Crippen LogP contribution < -0.4 is 0 Å². The minimum Gasteiger partial charge on any atom is -0.192 e. The molecule has 0 radical (unpaired) electrons. The zero-order valence-corrected chi connectivity index (χ0v) is 10.8. The van der Waals surface area contributed by atoms with Gasteiger partial charge in [-0.15, -0.1) is 0 Å². The number of nitriles is 1. The summed E-state index contributed by atoms with van der Waals surface area (Å²) < 4.78 is 77.5. The lowest BCUT2D eigenvalue weighted by molar-refractivity contribution is -0.137. The van der Waals surface area contributed by atoms with E-state index in [1.54, 1.807) is 0 Å². The Hall–Kier alpha value is -2.49. The van der Waals surface area contributed by atoms with Crippen LogP contribution in [0.1, 0.15) is 16.7 Å². The highest BCUT2D eigenvalue weighted by Crippen LogP contribution is 2.40. The molecule has 0 aliphatic carbocycles. The van der Waals surface area contributed by atoms with E-state index in [9.17, 15) is 26.3 Å². The second-order valence-corrected chi connectivity index (χ2v) is 4.42. The van der Waals surface area contributed by atoms with Gasteiger partial charge in [0.2, 0.25) is 0 Å². The fourth-order valence-electron chi connectivity index (χ4n) is 2.05. The molecule has 0 N–H and O–H groups in total. The van der Waals surface area contributed by atoms with Gasteiger partial charge >= 0.3 is 12.4 Å². The third-order valence-corrected chi connectivity index (χ3v) is 2.97. The molecular weight excluding hydrogens is 308 g/mol. The van der Waals surface area contributed by atoms with Crippen LogP contribution in [-0.4, -0.2) is 0 Å². The average Bonchev–Trinajstić information content (AvgIpc) is 2.44.